The monoisotopic (exact) mass is 201 g/mol. The Bertz CT molecular complexity index is 251. The number of carbonyl (C=O) groups excluding carboxylic acids is 1. The van der Waals surface area contributed by atoms with Crippen molar-refractivity contribution in [1.29, 1.82) is 0 Å². The van der Waals surface area contributed by atoms with E-state index in [2.05, 4.69) is 4.74 Å². The van der Waals surface area contributed by atoms with Crippen molar-refractivity contribution in [2.24, 2.45) is 17.8 Å². The van der Waals surface area contributed by atoms with E-state index in [-0.39, 0.29) is 5.92 Å². The quantitative estimate of drug-likeness (QED) is 0.631. The van der Waals surface area contributed by atoms with E-state index in [1.54, 1.807) is 0 Å². The summed E-state index contributed by atoms with van der Waals surface area (Å²) in [6.45, 7) is 0.608. The van der Waals surface area contributed by atoms with Crippen molar-refractivity contribution in [3.8, 4) is 0 Å². The third kappa shape index (κ3) is 2.04. The van der Waals surface area contributed by atoms with Crippen LogP contribution in [0.5, 0.6) is 0 Å². The first-order chi connectivity index (χ1) is 6.49. The maximum atomic E-state index is 11.2. The van der Waals surface area contributed by atoms with Crippen molar-refractivity contribution < 1.29 is 19.4 Å². The maximum Gasteiger partial charge on any atom is 0.309 e. The fraction of sp³-hybridized carbons (Fsp3) is 0.778. The van der Waals surface area contributed by atoms with Gasteiger partial charge in [0.15, 0.2) is 0 Å². The van der Waals surface area contributed by atoms with Gasteiger partial charge in [0.1, 0.15) is 0 Å². The molecule has 0 aromatic carbocycles. The number of rotatable bonds is 4. The summed E-state index contributed by atoms with van der Waals surface area (Å²) in [7, 11) is 4.99. The second-order valence-corrected chi connectivity index (χ2v) is 3.84. The number of hydrogen-bond acceptors (Lipinski definition) is 4. The van der Waals surface area contributed by atoms with E-state index in [1.165, 1.54) is 7.11 Å². The highest BCUT2D eigenvalue weighted by Crippen LogP contribution is 2.47. The molecule has 80 valence electrons. The van der Waals surface area contributed by atoms with Crippen LogP contribution in [-0.4, -0.2) is 49.7 Å². The molecular formula is C9H15NO4. The summed E-state index contributed by atoms with van der Waals surface area (Å²) in [4.78, 5) is 23.8. The molecule has 0 saturated heterocycles. The molecule has 0 amide bonds. The molecular weight excluding hydrogens is 186 g/mol. The van der Waals surface area contributed by atoms with E-state index in [4.69, 9.17) is 5.11 Å². The Balaban J connectivity index is 2.59. The molecule has 0 heterocycles. The van der Waals surface area contributed by atoms with Gasteiger partial charge in [0, 0.05) is 6.54 Å². The molecule has 1 rings (SSSR count). The van der Waals surface area contributed by atoms with E-state index in [0.29, 0.717) is 6.54 Å². The lowest BCUT2D eigenvalue weighted by molar-refractivity contribution is -0.146. The molecule has 1 fully saturated rings. The molecule has 1 aliphatic rings. The number of carbonyl (C=O) groups is 2. The number of ether oxygens (including phenoxy) is 1. The fourth-order valence-electron chi connectivity index (χ4n) is 1.82. The molecule has 0 spiro atoms. The van der Waals surface area contributed by atoms with Crippen LogP contribution in [0.2, 0.25) is 0 Å². The molecule has 5 nitrogen and oxygen atoms in total. The highest BCUT2D eigenvalue weighted by atomic mass is 16.5. The smallest absolute Gasteiger partial charge is 0.309 e. The summed E-state index contributed by atoms with van der Waals surface area (Å²) in [6, 6.07) is 0. The van der Waals surface area contributed by atoms with Gasteiger partial charge in [0.25, 0.3) is 0 Å². The van der Waals surface area contributed by atoms with Crippen molar-refractivity contribution in [2.75, 3.05) is 27.7 Å². The number of carboxylic acids is 1. The topological polar surface area (TPSA) is 66.8 Å². The molecule has 0 bridgehead atoms. The predicted molar refractivity (Wildman–Crippen MR) is 48.7 cm³/mol. The third-order valence-electron chi connectivity index (χ3n) is 2.50. The zero-order valence-electron chi connectivity index (χ0n) is 8.56. The molecule has 0 aliphatic heterocycles. The average molecular weight is 201 g/mol. The normalized spacial score (nSPS) is 30.1. The average Bonchev–Trinajstić information content (AvgIpc) is 2.76. The number of hydrogen-bond donors (Lipinski definition) is 1. The van der Waals surface area contributed by atoms with Gasteiger partial charge in [-0.3, -0.25) is 9.59 Å². The van der Waals surface area contributed by atoms with E-state index in [9.17, 15) is 9.59 Å². The van der Waals surface area contributed by atoms with Crippen molar-refractivity contribution in [2.45, 2.75) is 0 Å². The molecule has 5 heteroatoms. The molecule has 0 unspecified atom stereocenters. The zero-order valence-corrected chi connectivity index (χ0v) is 8.56. The number of carboxylic acid groups (broad SMARTS) is 1. The van der Waals surface area contributed by atoms with Crippen LogP contribution in [0.3, 0.4) is 0 Å². The highest BCUT2D eigenvalue weighted by molar-refractivity contribution is 5.87. The largest absolute Gasteiger partial charge is 0.481 e. The minimum absolute atomic E-state index is 0.102. The summed E-state index contributed by atoms with van der Waals surface area (Å²) in [5.74, 6) is -2.45. The second kappa shape index (κ2) is 3.96. The first-order valence-electron chi connectivity index (χ1n) is 4.44. The van der Waals surface area contributed by atoms with Crippen LogP contribution in [0.4, 0.5) is 0 Å². The number of nitrogens with zero attached hydrogens (tertiary/aromatic N) is 1. The zero-order chi connectivity index (χ0) is 10.9. The van der Waals surface area contributed by atoms with Crippen LogP contribution in [0.15, 0.2) is 0 Å². The first-order valence-corrected chi connectivity index (χ1v) is 4.44. The van der Waals surface area contributed by atoms with Crippen LogP contribution in [0.1, 0.15) is 0 Å². The number of methoxy groups -OCH3 is 1. The predicted octanol–water partition coefficient (Wildman–Crippen LogP) is -0.332. The highest BCUT2D eigenvalue weighted by Gasteiger charge is 2.59. The molecule has 14 heavy (non-hydrogen) atoms. The summed E-state index contributed by atoms with van der Waals surface area (Å²) >= 11 is 0. The van der Waals surface area contributed by atoms with Crippen molar-refractivity contribution in [3.05, 3.63) is 0 Å². The van der Waals surface area contributed by atoms with Gasteiger partial charge in [-0.15, -0.1) is 0 Å². The summed E-state index contributed by atoms with van der Waals surface area (Å²) in [5.41, 5.74) is 0. The van der Waals surface area contributed by atoms with Gasteiger partial charge in [0.05, 0.1) is 18.9 Å². The van der Waals surface area contributed by atoms with Crippen molar-refractivity contribution in [3.63, 3.8) is 0 Å². The van der Waals surface area contributed by atoms with Crippen LogP contribution >= 0.6 is 0 Å². The minimum Gasteiger partial charge on any atom is -0.481 e. The van der Waals surface area contributed by atoms with Crippen molar-refractivity contribution >= 4 is 11.9 Å². The van der Waals surface area contributed by atoms with Crippen molar-refractivity contribution in [1.82, 2.24) is 4.90 Å². The lowest BCUT2D eigenvalue weighted by Gasteiger charge is -2.07. The first kappa shape index (κ1) is 11.0. The molecule has 1 saturated carbocycles. The lowest BCUT2D eigenvalue weighted by atomic mass is 10.3. The van der Waals surface area contributed by atoms with Gasteiger partial charge in [0.2, 0.25) is 0 Å². The Morgan fingerprint density at radius 3 is 2.29 bits per heavy atom. The molecule has 1 N–H and O–H groups in total. The Kier molecular flexibility index (Phi) is 3.10. The Morgan fingerprint density at radius 1 is 1.36 bits per heavy atom. The summed E-state index contributed by atoms with van der Waals surface area (Å²) < 4.78 is 4.55. The van der Waals surface area contributed by atoms with Gasteiger partial charge in [-0.05, 0) is 20.0 Å². The third-order valence-corrected chi connectivity index (χ3v) is 2.50. The van der Waals surface area contributed by atoms with Crippen LogP contribution in [-0.2, 0) is 14.3 Å². The Labute approximate surface area is 82.6 Å². The minimum atomic E-state index is -0.910. The SMILES string of the molecule is COC(=O)[C@@H]1[C@@H](CN(C)C)[C@H]1C(=O)O. The van der Waals surface area contributed by atoms with Gasteiger partial charge in [-0.2, -0.15) is 0 Å². The van der Waals surface area contributed by atoms with Gasteiger partial charge < -0.3 is 14.7 Å². The van der Waals surface area contributed by atoms with E-state index in [0.717, 1.165) is 0 Å². The van der Waals surface area contributed by atoms with Crippen LogP contribution in [0, 0.1) is 17.8 Å². The Morgan fingerprint density at radius 2 is 1.93 bits per heavy atom. The summed E-state index contributed by atoms with van der Waals surface area (Å²) in [5, 5.41) is 8.83. The van der Waals surface area contributed by atoms with E-state index in [1.807, 2.05) is 19.0 Å². The maximum absolute atomic E-state index is 11.2. The van der Waals surface area contributed by atoms with Gasteiger partial charge in [-0.1, -0.05) is 0 Å². The van der Waals surface area contributed by atoms with E-state index < -0.39 is 23.8 Å². The molecule has 0 aromatic rings. The van der Waals surface area contributed by atoms with E-state index >= 15 is 0 Å². The number of aliphatic carboxylic acids is 1. The second-order valence-electron chi connectivity index (χ2n) is 3.84. The summed E-state index contributed by atoms with van der Waals surface area (Å²) in [6.07, 6.45) is 0. The van der Waals surface area contributed by atoms with Gasteiger partial charge in [-0.25, -0.2) is 0 Å². The standard InChI is InChI=1S/C9H15NO4/c1-10(2)4-5-6(8(11)12)7(5)9(13)14-3/h5-7H,4H2,1-3H3,(H,11,12)/t5-,6+,7+/m0/s1. The fourth-order valence-corrected chi connectivity index (χ4v) is 1.82. The van der Waals surface area contributed by atoms with Crippen LogP contribution < -0.4 is 0 Å². The molecule has 0 aromatic heterocycles. The molecule has 1 aliphatic carbocycles. The van der Waals surface area contributed by atoms with Gasteiger partial charge >= 0.3 is 11.9 Å². The van der Waals surface area contributed by atoms with Crippen LogP contribution in [0.25, 0.3) is 0 Å². The lowest BCUT2D eigenvalue weighted by Crippen LogP contribution is -2.17. The Hall–Kier alpha value is -1.10. The molecule has 0 radical (unpaired) electrons. The molecule has 3 atom stereocenters. The number of esters is 1.